The van der Waals surface area contributed by atoms with E-state index >= 15 is 0 Å². The summed E-state index contributed by atoms with van der Waals surface area (Å²) in [4.78, 5) is 26.7. The molecule has 0 saturated heterocycles. The van der Waals surface area contributed by atoms with Gasteiger partial charge in [0, 0.05) is 18.6 Å². The Labute approximate surface area is 158 Å². The molecule has 2 rings (SSSR count). The number of amides is 2. The van der Waals surface area contributed by atoms with Gasteiger partial charge in [0.2, 0.25) is 11.8 Å². The molecule has 0 unspecified atom stereocenters. The van der Waals surface area contributed by atoms with E-state index in [1.54, 1.807) is 30.3 Å². The van der Waals surface area contributed by atoms with Gasteiger partial charge in [-0.1, -0.05) is 48.9 Å². The molecule has 26 heavy (non-hydrogen) atoms. The number of carbonyl (C=O) groups excluding carboxylic acids is 2. The molecule has 1 atom stereocenters. The Morgan fingerprint density at radius 3 is 2.38 bits per heavy atom. The van der Waals surface area contributed by atoms with Gasteiger partial charge in [-0.05, 0) is 35.7 Å². The molecule has 0 spiro atoms. The molecule has 0 aliphatic heterocycles. The van der Waals surface area contributed by atoms with Crippen molar-refractivity contribution >= 4 is 23.4 Å². The van der Waals surface area contributed by atoms with E-state index < -0.39 is 11.9 Å². The lowest BCUT2D eigenvalue weighted by molar-refractivity contribution is -0.140. The number of carbonyl (C=O) groups is 2. The summed E-state index contributed by atoms with van der Waals surface area (Å²) >= 11 is 5.91. The average Bonchev–Trinajstić information content (AvgIpc) is 2.64. The van der Waals surface area contributed by atoms with Crippen LogP contribution in [-0.2, 0) is 22.6 Å². The zero-order valence-electron chi connectivity index (χ0n) is 14.8. The van der Waals surface area contributed by atoms with Gasteiger partial charge in [0.15, 0.2) is 0 Å². The molecule has 0 bridgehead atoms. The van der Waals surface area contributed by atoms with Gasteiger partial charge >= 0.3 is 0 Å². The molecule has 1 N–H and O–H groups in total. The van der Waals surface area contributed by atoms with Crippen molar-refractivity contribution in [1.82, 2.24) is 10.2 Å². The Bertz CT molecular complexity index is 765. The number of hydrogen-bond acceptors (Lipinski definition) is 2. The number of likely N-dealkylation sites (N-methyl/N-ethyl adjacent to an activating group) is 1. The fourth-order valence-electron chi connectivity index (χ4n) is 2.78. The fourth-order valence-corrected chi connectivity index (χ4v) is 2.90. The molecular formula is C20H22ClFN2O2. The Balaban J connectivity index is 2.29. The minimum atomic E-state index is -0.630. The molecule has 2 aromatic rings. The maximum atomic E-state index is 13.9. The van der Waals surface area contributed by atoms with E-state index in [2.05, 4.69) is 5.32 Å². The number of halogens is 2. The summed E-state index contributed by atoms with van der Waals surface area (Å²) in [7, 11) is 1.53. The Hall–Kier alpha value is -2.40. The molecular weight excluding hydrogens is 355 g/mol. The van der Waals surface area contributed by atoms with Crippen LogP contribution in [0.1, 0.15) is 24.5 Å². The Kier molecular flexibility index (Phi) is 7.16. The number of nitrogens with one attached hydrogen (secondary N) is 1. The van der Waals surface area contributed by atoms with Crippen molar-refractivity contribution in [2.24, 2.45) is 0 Å². The van der Waals surface area contributed by atoms with Gasteiger partial charge in [0.1, 0.15) is 11.9 Å². The van der Waals surface area contributed by atoms with Crippen molar-refractivity contribution in [1.29, 1.82) is 0 Å². The normalized spacial score (nSPS) is 11.7. The third kappa shape index (κ3) is 5.05. The van der Waals surface area contributed by atoms with Crippen LogP contribution >= 0.6 is 11.6 Å². The summed E-state index contributed by atoms with van der Waals surface area (Å²) in [5.74, 6) is -0.982. The molecule has 0 heterocycles. The van der Waals surface area contributed by atoms with Gasteiger partial charge in [-0.2, -0.15) is 0 Å². The van der Waals surface area contributed by atoms with E-state index in [-0.39, 0.29) is 24.8 Å². The fraction of sp³-hybridized carbons (Fsp3) is 0.300. The lowest BCUT2D eigenvalue weighted by atomic mass is 10.1. The first-order chi connectivity index (χ1) is 12.5. The van der Waals surface area contributed by atoms with Crippen LogP contribution in [0.5, 0.6) is 0 Å². The van der Waals surface area contributed by atoms with Crippen LogP contribution in [0.4, 0.5) is 4.39 Å². The summed E-state index contributed by atoms with van der Waals surface area (Å²) in [6.07, 6.45) is 0.351. The van der Waals surface area contributed by atoms with Crippen molar-refractivity contribution < 1.29 is 14.0 Å². The van der Waals surface area contributed by atoms with Gasteiger partial charge in [-0.3, -0.25) is 9.59 Å². The molecule has 0 saturated carbocycles. The third-order valence-corrected chi connectivity index (χ3v) is 4.45. The minimum absolute atomic E-state index is 0.103. The van der Waals surface area contributed by atoms with E-state index in [1.807, 2.05) is 19.1 Å². The van der Waals surface area contributed by atoms with Crippen LogP contribution in [0.15, 0.2) is 48.5 Å². The van der Waals surface area contributed by atoms with Crippen LogP contribution in [0.2, 0.25) is 5.02 Å². The summed E-state index contributed by atoms with van der Waals surface area (Å²) in [6, 6.07) is 12.6. The number of nitrogens with zero attached hydrogens (tertiary/aromatic N) is 1. The first-order valence-electron chi connectivity index (χ1n) is 8.45. The molecule has 2 amide bonds. The van der Waals surface area contributed by atoms with Gasteiger partial charge in [0.05, 0.1) is 6.42 Å². The van der Waals surface area contributed by atoms with Crippen molar-refractivity contribution in [2.75, 3.05) is 7.05 Å². The van der Waals surface area contributed by atoms with E-state index in [0.717, 1.165) is 5.56 Å². The van der Waals surface area contributed by atoms with Crippen molar-refractivity contribution in [2.45, 2.75) is 32.4 Å². The summed E-state index contributed by atoms with van der Waals surface area (Å²) in [5.41, 5.74) is 1.16. The molecule has 4 nitrogen and oxygen atoms in total. The maximum absolute atomic E-state index is 13.9. The highest BCUT2D eigenvalue weighted by Gasteiger charge is 2.28. The smallest absolute Gasteiger partial charge is 0.242 e. The first kappa shape index (κ1) is 19.9. The average molecular weight is 377 g/mol. The molecule has 0 aliphatic rings. The summed E-state index contributed by atoms with van der Waals surface area (Å²) in [6.45, 7) is 2.08. The summed E-state index contributed by atoms with van der Waals surface area (Å²) in [5, 5.41) is 3.19. The number of benzene rings is 2. The zero-order valence-corrected chi connectivity index (χ0v) is 15.6. The van der Waals surface area contributed by atoms with Gasteiger partial charge in [0.25, 0.3) is 0 Å². The highest BCUT2D eigenvalue weighted by Crippen LogP contribution is 2.17. The standard InChI is InChI=1S/C20H22ClFN2O2/c1-3-18(20(26)23-2)24(13-14-8-10-16(21)11-9-14)19(25)12-15-6-4-5-7-17(15)22/h4-11,18H,3,12-13H2,1-2H3,(H,23,26)/t18-/m1/s1. The highest BCUT2D eigenvalue weighted by atomic mass is 35.5. The van der Waals surface area contributed by atoms with Gasteiger partial charge in [-0.15, -0.1) is 0 Å². The van der Waals surface area contributed by atoms with E-state index in [0.29, 0.717) is 17.0 Å². The van der Waals surface area contributed by atoms with Crippen LogP contribution in [0, 0.1) is 5.82 Å². The largest absolute Gasteiger partial charge is 0.357 e. The first-order valence-corrected chi connectivity index (χ1v) is 8.83. The number of rotatable bonds is 7. The predicted octanol–water partition coefficient (Wildman–Crippen LogP) is 3.58. The Morgan fingerprint density at radius 2 is 1.81 bits per heavy atom. The Morgan fingerprint density at radius 1 is 1.15 bits per heavy atom. The van der Waals surface area contributed by atoms with E-state index in [9.17, 15) is 14.0 Å². The zero-order chi connectivity index (χ0) is 19.1. The van der Waals surface area contributed by atoms with Gasteiger partial charge in [-0.25, -0.2) is 4.39 Å². The molecule has 0 radical (unpaired) electrons. The van der Waals surface area contributed by atoms with E-state index in [4.69, 9.17) is 11.6 Å². The van der Waals surface area contributed by atoms with Crippen molar-refractivity contribution in [3.8, 4) is 0 Å². The molecule has 2 aromatic carbocycles. The van der Waals surface area contributed by atoms with Crippen molar-refractivity contribution in [3.05, 3.63) is 70.5 Å². The van der Waals surface area contributed by atoms with Crippen molar-refractivity contribution in [3.63, 3.8) is 0 Å². The third-order valence-electron chi connectivity index (χ3n) is 4.20. The second-order valence-corrected chi connectivity index (χ2v) is 6.39. The predicted molar refractivity (Wildman–Crippen MR) is 100 cm³/mol. The molecule has 6 heteroatoms. The SMILES string of the molecule is CC[C@H](C(=O)NC)N(Cc1ccc(Cl)cc1)C(=O)Cc1ccccc1F. The quantitative estimate of drug-likeness (QED) is 0.803. The lowest BCUT2D eigenvalue weighted by Gasteiger charge is -2.30. The van der Waals surface area contributed by atoms with E-state index in [1.165, 1.54) is 18.0 Å². The van der Waals surface area contributed by atoms with Crippen LogP contribution in [0.25, 0.3) is 0 Å². The lowest BCUT2D eigenvalue weighted by Crippen LogP contribution is -2.48. The number of hydrogen-bond donors (Lipinski definition) is 1. The molecule has 138 valence electrons. The highest BCUT2D eigenvalue weighted by molar-refractivity contribution is 6.30. The topological polar surface area (TPSA) is 49.4 Å². The molecule has 0 fully saturated rings. The molecule has 0 aromatic heterocycles. The van der Waals surface area contributed by atoms with Gasteiger partial charge < -0.3 is 10.2 Å². The van der Waals surface area contributed by atoms with Crippen LogP contribution in [0.3, 0.4) is 0 Å². The second-order valence-electron chi connectivity index (χ2n) is 5.95. The minimum Gasteiger partial charge on any atom is -0.357 e. The molecule has 0 aliphatic carbocycles. The van der Waals surface area contributed by atoms with Crippen LogP contribution in [-0.4, -0.2) is 29.8 Å². The second kappa shape index (κ2) is 9.34. The summed E-state index contributed by atoms with van der Waals surface area (Å²) < 4.78 is 13.9. The monoisotopic (exact) mass is 376 g/mol. The maximum Gasteiger partial charge on any atom is 0.242 e. The van der Waals surface area contributed by atoms with Crippen LogP contribution < -0.4 is 5.32 Å².